The zero-order chi connectivity index (χ0) is 13.1. The normalized spacial score (nSPS) is 10.1. The predicted molar refractivity (Wildman–Crippen MR) is 73.1 cm³/mol. The van der Waals surface area contributed by atoms with Gasteiger partial charge in [0.1, 0.15) is 11.3 Å². The molecule has 0 aliphatic heterocycles. The summed E-state index contributed by atoms with van der Waals surface area (Å²) < 4.78 is 7.16. The highest BCUT2D eigenvalue weighted by Crippen LogP contribution is 2.33. The highest BCUT2D eigenvalue weighted by atomic mass is 79.9. The van der Waals surface area contributed by atoms with Crippen LogP contribution in [-0.4, -0.2) is 16.1 Å². The van der Waals surface area contributed by atoms with Crippen molar-refractivity contribution in [3.05, 3.63) is 51.2 Å². The lowest BCUT2D eigenvalue weighted by molar-refractivity contribution is 0.0694. The number of pyridine rings is 1. The van der Waals surface area contributed by atoms with Gasteiger partial charge >= 0.3 is 5.97 Å². The molecule has 0 aliphatic rings. The lowest BCUT2D eigenvalue weighted by Crippen LogP contribution is -2.00. The second-order valence-corrected chi connectivity index (χ2v) is 5.12. The lowest BCUT2D eigenvalue weighted by atomic mass is 10.2. The van der Waals surface area contributed by atoms with Crippen LogP contribution in [-0.2, 0) is 0 Å². The second-order valence-electron chi connectivity index (χ2n) is 3.35. The molecule has 6 heteroatoms. The van der Waals surface area contributed by atoms with Crippen LogP contribution in [0.1, 0.15) is 10.4 Å². The van der Waals surface area contributed by atoms with Crippen LogP contribution in [0.4, 0.5) is 0 Å². The molecule has 1 aromatic carbocycles. The van der Waals surface area contributed by atoms with Crippen LogP contribution in [0.2, 0.25) is 0 Å². The standard InChI is InChI=1S/C12H7Br2NO3/c13-7-1-2-10(9(14)5-7)18-11-6-15-4-3-8(11)12(16)17/h1-6H,(H,16,17). The maximum Gasteiger partial charge on any atom is 0.339 e. The molecule has 1 aromatic heterocycles. The Morgan fingerprint density at radius 3 is 2.67 bits per heavy atom. The van der Waals surface area contributed by atoms with Crippen molar-refractivity contribution in [1.29, 1.82) is 0 Å². The van der Waals surface area contributed by atoms with Crippen molar-refractivity contribution in [2.24, 2.45) is 0 Å². The van der Waals surface area contributed by atoms with Gasteiger partial charge in [0.25, 0.3) is 0 Å². The molecule has 0 unspecified atom stereocenters. The van der Waals surface area contributed by atoms with E-state index in [1.165, 1.54) is 18.5 Å². The minimum absolute atomic E-state index is 0.0693. The monoisotopic (exact) mass is 371 g/mol. The van der Waals surface area contributed by atoms with Crippen LogP contribution in [0.3, 0.4) is 0 Å². The SMILES string of the molecule is O=C(O)c1ccncc1Oc1ccc(Br)cc1Br. The van der Waals surface area contributed by atoms with Crippen LogP contribution in [0.15, 0.2) is 45.6 Å². The first kappa shape index (κ1) is 13.0. The number of carboxylic acid groups (broad SMARTS) is 1. The number of nitrogens with zero attached hydrogens (tertiary/aromatic N) is 1. The molecule has 1 heterocycles. The smallest absolute Gasteiger partial charge is 0.339 e. The molecule has 2 rings (SSSR count). The number of hydrogen-bond donors (Lipinski definition) is 1. The van der Waals surface area contributed by atoms with Gasteiger partial charge in [0.05, 0.1) is 10.7 Å². The third-order valence-corrected chi connectivity index (χ3v) is 3.24. The minimum atomic E-state index is -1.05. The van der Waals surface area contributed by atoms with Gasteiger partial charge in [0.2, 0.25) is 0 Å². The molecular weight excluding hydrogens is 366 g/mol. The van der Waals surface area contributed by atoms with Gasteiger partial charge in [-0.2, -0.15) is 0 Å². The number of aromatic nitrogens is 1. The van der Waals surface area contributed by atoms with Gasteiger partial charge in [-0.15, -0.1) is 0 Å². The molecule has 0 bridgehead atoms. The van der Waals surface area contributed by atoms with Crippen LogP contribution in [0.25, 0.3) is 0 Å². The van der Waals surface area contributed by atoms with E-state index in [1.807, 2.05) is 6.07 Å². The van der Waals surface area contributed by atoms with Gasteiger partial charge in [-0.3, -0.25) is 4.98 Å². The van der Waals surface area contributed by atoms with E-state index in [2.05, 4.69) is 36.8 Å². The summed E-state index contributed by atoms with van der Waals surface area (Å²) in [6.45, 7) is 0. The van der Waals surface area contributed by atoms with Gasteiger partial charge < -0.3 is 9.84 Å². The summed E-state index contributed by atoms with van der Waals surface area (Å²) >= 11 is 6.67. The van der Waals surface area contributed by atoms with Gasteiger partial charge in [-0.25, -0.2) is 4.79 Å². The number of rotatable bonds is 3. The number of benzene rings is 1. The molecule has 0 radical (unpaired) electrons. The summed E-state index contributed by atoms with van der Waals surface area (Å²) in [6.07, 6.45) is 2.78. The molecular formula is C12H7Br2NO3. The van der Waals surface area contributed by atoms with Gasteiger partial charge in [-0.1, -0.05) is 15.9 Å². The molecule has 0 amide bonds. The van der Waals surface area contributed by atoms with Gasteiger partial charge in [0.15, 0.2) is 5.75 Å². The molecule has 0 atom stereocenters. The summed E-state index contributed by atoms with van der Waals surface area (Å²) in [5.74, 6) is -0.331. The molecule has 1 N–H and O–H groups in total. The molecule has 4 nitrogen and oxygen atoms in total. The Morgan fingerprint density at radius 2 is 2.00 bits per heavy atom. The number of ether oxygens (including phenoxy) is 1. The highest BCUT2D eigenvalue weighted by molar-refractivity contribution is 9.11. The third-order valence-electron chi connectivity index (χ3n) is 2.13. The Bertz CT molecular complexity index is 602. The summed E-state index contributed by atoms with van der Waals surface area (Å²) in [5, 5.41) is 9.03. The van der Waals surface area contributed by atoms with E-state index in [0.29, 0.717) is 5.75 Å². The fourth-order valence-corrected chi connectivity index (χ4v) is 2.44. The van der Waals surface area contributed by atoms with Crippen LogP contribution in [0.5, 0.6) is 11.5 Å². The average molecular weight is 373 g/mol. The molecule has 92 valence electrons. The quantitative estimate of drug-likeness (QED) is 0.881. The highest BCUT2D eigenvalue weighted by Gasteiger charge is 2.13. The van der Waals surface area contributed by atoms with Gasteiger partial charge in [0, 0.05) is 10.7 Å². The summed E-state index contributed by atoms with van der Waals surface area (Å²) in [5.41, 5.74) is 0.0693. The third kappa shape index (κ3) is 2.88. The molecule has 0 spiro atoms. The minimum Gasteiger partial charge on any atom is -0.478 e. The Morgan fingerprint density at radius 1 is 1.22 bits per heavy atom. The molecule has 0 aliphatic carbocycles. The molecule has 0 saturated carbocycles. The maximum atomic E-state index is 11.0. The average Bonchev–Trinajstić information content (AvgIpc) is 2.33. The van der Waals surface area contributed by atoms with E-state index in [1.54, 1.807) is 12.1 Å². The zero-order valence-electron chi connectivity index (χ0n) is 8.93. The predicted octanol–water partition coefficient (Wildman–Crippen LogP) is 4.10. The van der Waals surface area contributed by atoms with Gasteiger partial charge in [-0.05, 0) is 40.2 Å². The number of aromatic carboxylic acids is 1. The van der Waals surface area contributed by atoms with Crippen molar-refractivity contribution in [2.45, 2.75) is 0 Å². The molecule has 0 saturated heterocycles. The number of halogens is 2. The van der Waals surface area contributed by atoms with Crippen molar-refractivity contribution in [3.8, 4) is 11.5 Å². The largest absolute Gasteiger partial charge is 0.478 e. The molecule has 2 aromatic rings. The Labute approximate surface area is 120 Å². The fourth-order valence-electron chi connectivity index (χ4n) is 1.31. The first-order valence-electron chi connectivity index (χ1n) is 4.88. The van der Waals surface area contributed by atoms with Crippen LogP contribution in [0, 0.1) is 0 Å². The van der Waals surface area contributed by atoms with Crippen molar-refractivity contribution in [2.75, 3.05) is 0 Å². The summed E-state index contributed by atoms with van der Waals surface area (Å²) in [4.78, 5) is 14.9. The van der Waals surface area contributed by atoms with E-state index >= 15 is 0 Å². The van der Waals surface area contributed by atoms with E-state index in [0.717, 1.165) is 8.95 Å². The van der Waals surface area contributed by atoms with Crippen molar-refractivity contribution < 1.29 is 14.6 Å². The molecule has 18 heavy (non-hydrogen) atoms. The van der Waals surface area contributed by atoms with E-state index in [9.17, 15) is 4.79 Å². The topological polar surface area (TPSA) is 59.4 Å². The molecule has 0 fully saturated rings. The van der Waals surface area contributed by atoms with E-state index < -0.39 is 5.97 Å². The van der Waals surface area contributed by atoms with E-state index in [4.69, 9.17) is 9.84 Å². The van der Waals surface area contributed by atoms with Crippen molar-refractivity contribution in [1.82, 2.24) is 4.98 Å². The first-order valence-corrected chi connectivity index (χ1v) is 6.47. The van der Waals surface area contributed by atoms with Crippen LogP contribution >= 0.6 is 31.9 Å². The first-order chi connectivity index (χ1) is 8.58. The Hall–Kier alpha value is -1.40. The fraction of sp³-hybridized carbons (Fsp3) is 0. The Balaban J connectivity index is 2.37. The zero-order valence-corrected chi connectivity index (χ0v) is 12.1. The van der Waals surface area contributed by atoms with Crippen molar-refractivity contribution >= 4 is 37.8 Å². The van der Waals surface area contributed by atoms with E-state index in [-0.39, 0.29) is 11.3 Å². The Kier molecular flexibility index (Phi) is 3.98. The number of carbonyl (C=O) groups is 1. The second kappa shape index (κ2) is 5.49. The number of carboxylic acids is 1. The maximum absolute atomic E-state index is 11.0. The summed E-state index contributed by atoms with van der Waals surface area (Å²) in [7, 11) is 0. The number of hydrogen-bond acceptors (Lipinski definition) is 3. The van der Waals surface area contributed by atoms with Crippen LogP contribution < -0.4 is 4.74 Å². The summed E-state index contributed by atoms with van der Waals surface area (Å²) in [6, 6.07) is 6.74. The van der Waals surface area contributed by atoms with Crippen molar-refractivity contribution in [3.63, 3.8) is 0 Å². The lowest BCUT2D eigenvalue weighted by Gasteiger charge is -2.09.